The molecule has 166 valence electrons. The second-order valence-electron chi connectivity index (χ2n) is 9.22. The Balaban J connectivity index is 1.67. The van der Waals surface area contributed by atoms with E-state index in [-0.39, 0.29) is 11.0 Å². The quantitative estimate of drug-likeness (QED) is 0.416. The van der Waals surface area contributed by atoms with Gasteiger partial charge in [0.1, 0.15) is 5.70 Å². The molecule has 0 aliphatic heterocycles. The van der Waals surface area contributed by atoms with Gasteiger partial charge in [-0.3, -0.25) is 0 Å². The first-order chi connectivity index (χ1) is 15.8. The van der Waals surface area contributed by atoms with Crippen molar-refractivity contribution in [1.29, 1.82) is 0 Å². The van der Waals surface area contributed by atoms with E-state index in [0.717, 1.165) is 17.5 Å². The van der Waals surface area contributed by atoms with E-state index in [1.807, 2.05) is 6.07 Å². The number of hydrogen-bond acceptors (Lipinski definition) is 3. The van der Waals surface area contributed by atoms with Crippen molar-refractivity contribution in [3.05, 3.63) is 123 Å². The molecule has 0 heterocycles. The average Bonchev–Trinajstić information content (AvgIpc) is 2.81. The highest BCUT2D eigenvalue weighted by molar-refractivity contribution is 5.87. The Morgan fingerprint density at radius 2 is 1.67 bits per heavy atom. The maximum absolute atomic E-state index is 11.7. The Labute approximate surface area is 194 Å². The Bertz CT molecular complexity index is 1260. The smallest absolute Gasteiger partial charge is 0.335 e. The number of nitroso groups, excluding NO2 is 1. The molecule has 1 aliphatic carbocycles. The molecule has 1 N–H and O–H groups in total. The molecular weight excluding hydrogens is 410 g/mol. The van der Waals surface area contributed by atoms with Crippen LogP contribution in [0.4, 0.5) is 0 Å². The summed E-state index contributed by atoms with van der Waals surface area (Å²) in [5.41, 5.74) is 8.34. The Hall–Kier alpha value is -3.79. The molecule has 0 fully saturated rings. The maximum Gasteiger partial charge on any atom is 0.335 e. The fourth-order valence-electron chi connectivity index (χ4n) is 4.29. The van der Waals surface area contributed by atoms with Crippen LogP contribution in [0.15, 0.2) is 84.1 Å². The van der Waals surface area contributed by atoms with Gasteiger partial charge in [0.15, 0.2) is 0 Å². The van der Waals surface area contributed by atoms with Gasteiger partial charge < -0.3 is 5.11 Å². The normalized spacial score (nSPS) is 14.9. The van der Waals surface area contributed by atoms with Gasteiger partial charge in [0.25, 0.3) is 0 Å². The SMILES string of the molecule is Cc1ccc(C2=CCC(C)(C)c3cc(/C(=C/Cc4ccc(C(=O)O)cc4)N=O)ccc32)cc1. The third-order valence-electron chi connectivity index (χ3n) is 6.34. The number of hydrogen-bond donors (Lipinski definition) is 1. The van der Waals surface area contributed by atoms with Crippen LogP contribution in [0.3, 0.4) is 0 Å². The number of carbonyl (C=O) groups is 1. The van der Waals surface area contributed by atoms with Crippen LogP contribution in [0.2, 0.25) is 0 Å². The second kappa shape index (κ2) is 8.99. The van der Waals surface area contributed by atoms with Crippen molar-refractivity contribution in [2.45, 2.75) is 39.0 Å². The van der Waals surface area contributed by atoms with Crippen molar-refractivity contribution in [2.75, 3.05) is 0 Å². The fourth-order valence-corrected chi connectivity index (χ4v) is 4.29. The zero-order chi connectivity index (χ0) is 23.6. The summed E-state index contributed by atoms with van der Waals surface area (Å²) in [7, 11) is 0. The highest BCUT2D eigenvalue weighted by Crippen LogP contribution is 2.42. The molecule has 33 heavy (non-hydrogen) atoms. The lowest BCUT2D eigenvalue weighted by atomic mass is 9.71. The fraction of sp³-hybridized carbons (Fsp3) is 0.207. The van der Waals surface area contributed by atoms with Gasteiger partial charge in [-0.1, -0.05) is 80.1 Å². The summed E-state index contributed by atoms with van der Waals surface area (Å²) in [6.45, 7) is 6.53. The molecule has 0 radical (unpaired) electrons. The first-order valence-corrected chi connectivity index (χ1v) is 11.1. The molecule has 0 aromatic heterocycles. The van der Waals surface area contributed by atoms with E-state index in [1.165, 1.54) is 27.8 Å². The van der Waals surface area contributed by atoms with Crippen molar-refractivity contribution in [3.63, 3.8) is 0 Å². The maximum atomic E-state index is 11.7. The zero-order valence-electron chi connectivity index (χ0n) is 19.1. The molecule has 4 nitrogen and oxygen atoms in total. The Kier molecular flexibility index (Phi) is 6.10. The van der Waals surface area contributed by atoms with E-state index in [2.05, 4.69) is 68.4 Å². The lowest BCUT2D eigenvalue weighted by Crippen LogP contribution is -2.22. The molecule has 0 spiro atoms. The van der Waals surface area contributed by atoms with Crippen LogP contribution in [-0.2, 0) is 11.8 Å². The van der Waals surface area contributed by atoms with Crippen molar-refractivity contribution < 1.29 is 9.90 Å². The van der Waals surface area contributed by atoms with E-state index < -0.39 is 5.97 Å². The summed E-state index contributed by atoms with van der Waals surface area (Å²) >= 11 is 0. The van der Waals surface area contributed by atoms with E-state index in [9.17, 15) is 9.70 Å². The summed E-state index contributed by atoms with van der Waals surface area (Å²) in [6.07, 6.45) is 5.52. The predicted octanol–water partition coefficient (Wildman–Crippen LogP) is 7.16. The molecule has 0 atom stereocenters. The molecule has 3 aromatic rings. The van der Waals surface area contributed by atoms with Gasteiger partial charge in [0.2, 0.25) is 0 Å². The summed E-state index contributed by atoms with van der Waals surface area (Å²) in [4.78, 5) is 22.7. The van der Waals surface area contributed by atoms with Crippen LogP contribution >= 0.6 is 0 Å². The molecule has 0 unspecified atom stereocenters. The summed E-state index contributed by atoms with van der Waals surface area (Å²) in [5, 5.41) is 12.4. The van der Waals surface area contributed by atoms with E-state index in [4.69, 9.17) is 5.11 Å². The Morgan fingerprint density at radius 3 is 2.30 bits per heavy atom. The average molecular weight is 438 g/mol. The van der Waals surface area contributed by atoms with E-state index in [1.54, 1.807) is 30.3 Å². The lowest BCUT2D eigenvalue weighted by Gasteiger charge is -2.32. The summed E-state index contributed by atoms with van der Waals surface area (Å²) in [5.74, 6) is -0.955. The van der Waals surface area contributed by atoms with Crippen LogP contribution in [0.1, 0.15) is 64.0 Å². The van der Waals surface area contributed by atoms with Crippen molar-refractivity contribution in [2.24, 2.45) is 5.18 Å². The number of nitrogens with zero attached hydrogens (tertiary/aromatic N) is 1. The van der Waals surface area contributed by atoms with Gasteiger partial charge in [-0.25, -0.2) is 4.79 Å². The van der Waals surface area contributed by atoms with Gasteiger partial charge in [0, 0.05) is 5.56 Å². The largest absolute Gasteiger partial charge is 0.478 e. The van der Waals surface area contributed by atoms with E-state index in [0.29, 0.717) is 12.1 Å². The predicted molar refractivity (Wildman–Crippen MR) is 133 cm³/mol. The van der Waals surface area contributed by atoms with Crippen LogP contribution in [-0.4, -0.2) is 11.1 Å². The first-order valence-electron chi connectivity index (χ1n) is 11.1. The number of carboxylic acids is 1. The van der Waals surface area contributed by atoms with Crippen molar-refractivity contribution >= 4 is 17.2 Å². The van der Waals surface area contributed by atoms with Crippen molar-refractivity contribution in [3.8, 4) is 0 Å². The Morgan fingerprint density at radius 1 is 1.00 bits per heavy atom. The number of aryl methyl sites for hydroxylation is 1. The third kappa shape index (κ3) is 4.70. The minimum absolute atomic E-state index is 0.0554. The minimum Gasteiger partial charge on any atom is -0.478 e. The number of fused-ring (bicyclic) bond motifs is 1. The highest BCUT2D eigenvalue weighted by atomic mass is 16.4. The second-order valence-corrected chi connectivity index (χ2v) is 9.22. The van der Waals surface area contributed by atoms with Gasteiger partial charge in [-0.2, -0.15) is 0 Å². The van der Waals surface area contributed by atoms with Crippen LogP contribution in [0.25, 0.3) is 11.3 Å². The van der Waals surface area contributed by atoms with Crippen LogP contribution in [0.5, 0.6) is 0 Å². The van der Waals surface area contributed by atoms with Gasteiger partial charge >= 0.3 is 5.97 Å². The highest BCUT2D eigenvalue weighted by Gasteiger charge is 2.29. The van der Waals surface area contributed by atoms with E-state index >= 15 is 0 Å². The number of carboxylic acid groups (broad SMARTS) is 1. The molecule has 3 aromatic carbocycles. The van der Waals surface area contributed by atoms with Gasteiger partial charge in [-0.05, 0) is 76.4 Å². The standard InChI is InChI=1S/C29H27NO3/c1-19-4-9-21(10-5-19)24-16-17-29(2,3)26-18-23(13-14-25(24)26)27(30-33)15-8-20-6-11-22(12-7-20)28(31)32/h4-7,9-16,18H,8,17H2,1-3H3,(H,31,32)/b27-15-. The molecule has 0 bridgehead atoms. The summed E-state index contributed by atoms with van der Waals surface area (Å²) < 4.78 is 0. The molecule has 0 amide bonds. The lowest BCUT2D eigenvalue weighted by molar-refractivity contribution is 0.0697. The molecule has 0 saturated heterocycles. The minimum atomic E-state index is -0.955. The zero-order valence-corrected chi connectivity index (χ0v) is 19.1. The first kappa shape index (κ1) is 22.4. The number of aromatic carboxylic acids is 1. The number of rotatable bonds is 6. The molecule has 4 rings (SSSR count). The molecule has 0 saturated carbocycles. The van der Waals surface area contributed by atoms with Gasteiger partial charge in [0.05, 0.1) is 5.56 Å². The monoisotopic (exact) mass is 437 g/mol. The van der Waals surface area contributed by atoms with Gasteiger partial charge in [-0.15, -0.1) is 4.91 Å². The van der Waals surface area contributed by atoms with Crippen LogP contribution < -0.4 is 0 Å². The molecule has 1 aliphatic rings. The van der Waals surface area contributed by atoms with Crippen LogP contribution in [0, 0.1) is 11.8 Å². The molecular formula is C29H27NO3. The number of benzene rings is 3. The van der Waals surface area contributed by atoms with Crippen molar-refractivity contribution in [1.82, 2.24) is 0 Å². The molecule has 4 heteroatoms. The number of allylic oxidation sites excluding steroid dienone is 2. The summed E-state index contributed by atoms with van der Waals surface area (Å²) in [6, 6.07) is 21.4. The third-order valence-corrected chi connectivity index (χ3v) is 6.34. The topological polar surface area (TPSA) is 66.7 Å².